The van der Waals surface area contributed by atoms with E-state index in [0.717, 1.165) is 0 Å². The molecule has 0 aromatic heterocycles. The molecule has 0 aliphatic heterocycles. The fourth-order valence-electron chi connectivity index (χ4n) is 3.04. The first-order valence-corrected chi connectivity index (χ1v) is 8.04. The van der Waals surface area contributed by atoms with E-state index in [-0.39, 0.29) is 30.8 Å². The van der Waals surface area contributed by atoms with Crippen molar-refractivity contribution in [3.8, 4) is 0 Å². The van der Waals surface area contributed by atoms with Crippen molar-refractivity contribution in [1.29, 1.82) is 0 Å². The average molecular weight is 324 g/mol. The van der Waals surface area contributed by atoms with Crippen LogP contribution >= 0.6 is 0 Å². The predicted molar refractivity (Wildman–Crippen MR) is 81.4 cm³/mol. The predicted octanol–water partition coefficient (Wildman–Crippen LogP) is 2.17. The van der Waals surface area contributed by atoms with Crippen LogP contribution in [0.3, 0.4) is 0 Å². The zero-order chi connectivity index (χ0) is 17.2. The van der Waals surface area contributed by atoms with E-state index in [0.29, 0.717) is 12.8 Å². The van der Waals surface area contributed by atoms with Crippen molar-refractivity contribution in [3.63, 3.8) is 0 Å². The number of carboxylic acid groups (broad SMARTS) is 1. The SMILES string of the molecule is CCC(C)(C)C(=O)OCCC(=O)OC1C2C=CC(C2)C1C(=O)O. The summed E-state index contributed by atoms with van der Waals surface area (Å²) in [6.45, 7) is 5.42. The van der Waals surface area contributed by atoms with Crippen LogP contribution < -0.4 is 0 Å². The molecule has 23 heavy (non-hydrogen) atoms. The number of aliphatic carboxylic acids is 1. The molecule has 0 aromatic rings. The summed E-state index contributed by atoms with van der Waals surface area (Å²) < 4.78 is 10.4. The monoisotopic (exact) mass is 324 g/mol. The van der Waals surface area contributed by atoms with E-state index >= 15 is 0 Å². The summed E-state index contributed by atoms with van der Waals surface area (Å²) in [5.74, 6) is -2.56. The van der Waals surface area contributed by atoms with Crippen molar-refractivity contribution in [2.24, 2.45) is 23.2 Å². The van der Waals surface area contributed by atoms with Gasteiger partial charge in [0.15, 0.2) is 0 Å². The molecule has 2 bridgehead atoms. The Morgan fingerprint density at radius 2 is 1.87 bits per heavy atom. The van der Waals surface area contributed by atoms with Gasteiger partial charge in [0.05, 0.1) is 11.8 Å². The molecule has 1 fully saturated rings. The first-order chi connectivity index (χ1) is 10.8. The van der Waals surface area contributed by atoms with Gasteiger partial charge in [0, 0.05) is 5.92 Å². The van der Waals surface area contributed by atoms with Gasteiger partial charge in [-0.3, -0.25) is 14.4 Å². The van der Waals surface area contributed by atoms with E-state index in [2.05, 4.69) is 0 Å². The Morgan fingerprint density at radius 3 is 2.48 bits per heavy atom. The standard InChI is InChI=1S/C17H24O6/c1-4-17(2,3)16(21)22-8-7-12(18)23-14-11-6-5-10(9-11)13(14)15(19)20/h5-6,10-11,13-14H,4,7-9H2,1-3H3,(H,19,20). The molecule has 0 saturated heterocycles. The average Bonchev–Trinajstić information content (AvgIpc) is 3.07. The molecular formula is C17H24O6. The van der Waals surface area contributed by atoms with E-state index < -0.39 is 29.4 Å². The van der Waals surface area contributed by atoms with Crippen molar-refractivity contribution in [2.75, 3.05) is 6.61 Å². The van der Waals surface area contributed by atoms with Gasteiger partial charge in [-0.15, -0.1) is 0 Å². The van der Waals surface area contributed by atoms with Gasteiger partial charge in [0.25, 0.3) is 0 Å². The summed E-state index contributed by atoms with van der Waals surface area (Å²) >= 11 is 0. The Balaban J connectivity index is 1.80. The lowest BCUT2D eigenvalue weighted by Crippen LogP contribution is -2.36. The van der Waals surface area contributed by atoms with Gasteiger partial charge in [-0.25, -0.2) is 0 Å². The fourth-order valence-corrected chi connectivity index (χ4v) is 3.04. The quantitative estimate of drug-likeness (QED) is 0.570. The van der Waals surface area contributed by atoms with Gasteiger partial charge in [0.2, 0.25) is 0 Å². The maximum Gasteiger partial charge on any atom is 0.311 e. The summed E-state index contributed by atoms with van der Waals surface area (Å²) in [5, 5.41) is 9.29. The maximum atomic E-state index is 11.9. The van der Waals surface area contributed by atoms with Gasteiger partial charge in [-0.05, 0) is 32.6 Å². The Bertz CT molecular complexity index is 521. The molecule has 128 valence electrons. The second-order valence-electron chi connectivity index (χ2n) is 6.89. The second kappa shape index (κ2) is 6.72. The summed E-state index contributed by atoms with van der Waals surface area (Å²) in [7, 11) is 0. The number of hydrogen-bond acceptors (Lipinski definition) is 5. The van der Waals surface area contributed by atoms with E-state index in [4.69, 9.17) is 9.47 Å². The van der Waals surface area contributed by atoms with Gasteiger partial charge < -0.3 is 14.6 Å². The second-order valence-corrected chi connectivity index (χ2v) is 6.89. The zero-order valence-corrected chi connectivity index (χ0v) is 13.8. The summed E-state index contributed by atoms with van der Waals surface area (Å²) in [6, 6.07) is 0. The normalized spacial score (nSPS) is 28.7. The lowest BCUT2D eigenvalue weighted by Gasteiger charge is -2.25. The molecule has 4 unspecified atom stereocenters. The minimum absolute atomic E-state index is 0.0216. The molecule has 2 aliphatic carbocycles. The van der Waals surface area contributed by atoms with Crippen LogP contribution in [-0.4, -0.2) is 35.7 Å². The molecule has 0 radical (unpaired) electrons. The minimum Gasteiger partial charge on any atom is -0.481 e. The molecule has 0 amide bonds. The molecule has 1 N–H and O–H groups in total. The number of rotatable bonds is 7. The van der Waals surface area contributed by atoms with Crippen molar-refractivity contribution in [1.82, 2.24) is 0 Å². The van der Waals surface area contributed by atoms with Gasteiger partial charge in [-0.2, -0.15) is 0 Å². The van der Waals surface area contributed by atoms with Crippen molar-refractivity contribution >= 4 is 17.9 Å². The number of carboxylic acids is 1. The third-order valence-electron chi connectivity index (χ3n) is 4.92. The molecule has 2 rings (SSSR count). The van der Waals surface area contributed by atoms with Gasteiger partial charge >= 0.3 is 17.9 Å². The molecule has 0 heterocycles. The highest BCUT2D eigenvalue weighted by Gasteiger charge is 2.50. The molecular weight excluding hydrogens is 300 g/mol. The number of carbonyl (C=O) groups excluding carboxylic acids is 2. The number of esters is 2. The van der Waals surface area contributed by atoms with Crippen LogP contribution in [-0.2, 0) is 23.9 Å². The third-order valence-corrected chi connectivity index (χ3v) is 4.92. The number of ether oxygens (including phenoxy) is 2. The highest BCUT2D eigenvalue weighted by atomic mass is 16.6. The number of carbonyl (C=O) groups is 3. The van der Waals surface area contributed by atoms with Crippen LogP contribution in [0.2, 0.25) is 0 Å². The topological polar surface area (TPSA) is 89.9 Å². The highest BCUT2D eigenvalue weighted by molar-refractivity contribution is 5.77. The van der Waals surface area contributed by atoms with Crippen LogP contribution in [0, 0.1) is 23.2 Å². The lowest BCUT2D eigenvalue weighted by atomic mass is 9.91. The van der Waals surface area contributed by atoms with Crippen molar-refractivity contribution in [2.45, 2.75) is 46.1 Å². The molecule has 6 heteroatoms. The van der Waals surface area contributed by atoms with E-state index in [1.807, 2.05) is 19.1 Å². The first kappa shape index (κ1) is 17.5. The van der Waals surface area contributed by atoms with E-state index in [1.54, 1.807) is 13.8 Å². The molecule has 6 nitrogen and oxygen atoms in total. The van der Waals surface area contributed by atoms with Crippen LogP contribution in [0.25, 0.3) is 0 Å². The first-order valence-electron chi connectivity index (χ1n) is 8.04. The number of fused-ring (bicyclic) bond motifs is 2. The Labute approximate surface area is 135 Å². The fraction of sp³-hybridized carbons (Fsp3) is 0.706. The molecule has 0 spiro atoms. The number of hydrogen-bond donors (Lipinski definition) is 1. The van der Waals surface area contributed by atoms with Crippen LogP contribution in [0.4, 0.5) is 0 Å². The van der Waals surface area contributed by atoms with E-state index in [9.17, 15) is 19.5 Å². The minimum atomic E-state index is -0.934. The largest absolute Gasteiger partial charge is 0.481 e. The van der Waals surface area contributed by atoms with Crippen LogP contribution in [0.1, 0.15) is 40.0 Å². The van der Waals surface area contributed by atoms with Crippen molar-refractivity contribution < 1.29 is 29.0 Å². The van der Waals surface area contributed by atoms with Gasteiger partial charge in [0.1, 0.15) is 18.6 Å². The molecule has 0 aromatic carbocycles. The molecule has 2 aliphatic rings. The smallest absolute Gasteiger partial charge is 0.311 e. The Hall–Kier alpha value is -1.85. The summed E-state index contributed by atoms with van der Waals surface area (Å²) in [6.07, 6.45) is 4.50. The molecule has 4 atom stereocenters. The lowest BCUT2D eigenvalue weighted by molar-refractivity contribution is -0.162. The van der Waals surface area contributed by atoms with Crippen LogP contribution in [0.15, 0.2) is 12.2 Å². The summed E-state index contributed by atoms with van der Waals surface area (Å²) in [5.41, 5.74) is -0.576. The third kappa shape index (κ3) is 3.74. The molecule has 1 saturated carbocycles. The van der Waals surface area contributed by atoms with Crippen molar-refractivity contribution in [3.05, 3.63) is 12.2 Å². The maximum absolute atomic E-state index is 11.9. The van der Waals surface area contributed by atoms with Gasteiger partial charge in [-0.1, -0.05) is 19.1 Å². The Kier molecular flexibility index (Phi) is 5.12. The number of allylic oxidation sites excluding steroid dienone is 1. The van der Waals surface area contributed by atoms with Crippen LogP contribution in [0.5, 0.6) is 0 Å². The zero-order valence-electron chi connectivity index (χ0n) is 13.8. The Morgan fingerprint density at radius 1 is 1.22 bits per heavy atom. The highest BCUT2D eigenvalue weighted by Crippen LogP contribution is 2.45. The van der Waals surface area contributed by atoms with E-state index in [1.165, 1.54) is 0 Å². The summed E-state index contributed by atoms with van der Waals surface area (Å²) in [4.78, 5) is 35.1.